The third kappa shape index (κ3) is 1.34. The van der Waals surface area contributed by atoms with Gasteiger partial charge in [-0.1, -0.05) is 18.1 Å². The topological polar surface area (TPSA) is 46.0 Å². The SMILES string of the molecule is C#CC1=CCC=c2[nH]c(=O)oc2=C1. The number of nitrogens with one attached hydrogen (secondary N) is 1. The van der Waals surface area contributed by atoms with Crippen LogP contribution in [0.1, 0.15) is 6.42 Å². The van der Waals surface area contributed by atoms with Crippen LogP contribution in [-0.2, 0) is 0 Å². The van der Waals surface area contributed by atoms with Crippen molar-refractivity contribution in [2.24, 2.45) is 0 Å². The van der Waals surface area contributed by atoms with E-state index in [0.717, 1.165) is 5.57 Å². The minimum atomic E-state index is -0.448. The number of fused-ring (bicyclic) bond motifs is 1. The van der Waals surface area contributed by atoms with E-state index in [-0.39, 0.29) is 0 Å². The summed E-state index contributed by atoms with van der Waals surface area (Å²) in [5.41, 5.74) is 1.24. The summed E-state index contributed by atoms with van der Waals surface area (Å²) in [6, 6.07) is 0. The Labute approximate surface area is 74.1 Å². The second-order valence-corrected chi connectivity index (χ2v) is 2.68. The first kappa shape index (κ1) is 7.69. The summed E-state index contributed by atoms with van der Waals surface area (Å²) in [4.78, 5) is 13.4. The van der Waals surface area contributed by atoms with Gasteiger partial charge in [0.2, 0.25) is 0 Å². The molecule has 13 heavy (non-hydrogen) atoms. The third-order valence-corrected chi connectivity index (χ3v) is 1.82. The average molecular weight is 173 g/mol. The first-order valence-corrected chi connectivity index (χ1v) is 3.87. The molecular formula is C10H7NO2. The third-order valence-electron chi connectivity index (χ3n) is 1.82. The molecule has 1 aromatic rings. The van der Waals surface area contributed by atoms with Crippen molar-refractivity contribution in [2.45, 2.75) is 6.42 Å². The molecule has 0 radical (unpaired) electrons. The highest BCUT2D eigenvalue weighted by Crippen LogP contribution is 1.98. The van der Waals surface area contributed by atoms with Gasteiger partial charge >= 0.3 is 5.76 Å². The largest absolute Gasteiger partial charge is 0.417 e. The van der Waals surface area contributed by atoms with Crippen LogP contribution in [0, 0.1) is 12.3 Å². The molecule has 0 unspecified atom stereocenters. The standard InChI is InChI=1S/C10H7NO2/c1-2-7-4-3-5-8-9(6-7)13-10(12)11-8/h1,4-6H,3H2,(H,11,12). The van der Waals surface area contributed by atoms with Crippen LogP contribution in [0.2, 0.25) is 0 Å². The van der Waals surface area contributed by atoms with Crippen LogP contribution in [0.3, 0.4) is 0 Å². The summed E-state index contributed by atoms with van der Waals surface area (Å²) < 4.78 is 4.88. The van der Waals surface area contributed by atoms with Gasteiger partial charge in [0.25, 0.3) is 0 Å². The monoisotopic (exact) mass is 173 g/mol. The predicted octanol–water partition coefficient (Wildman–Crippen LogP) is -0.508. The normalized spacial score (nSPS) is 14.2. The fourth-order valence-electron chi connectivity index (χ4n) is 1.22. The van der Waals surface area contributed by atoms with E-state index in [0.29, 0.717) is 17.2 Å². The van der Waals surface area contributed by atoms with E-state index in [1.807, 2.05) is 12.2 Å². The van der Waals surface area contributed by atoms with E-state index in [2.05, 4.69) is 10.9 Å². The number of aromatic nitrogens is 1. The van der Waals surface area contributed by atoms with E-state index < -0.39 is 5.76 Å². The zero-order chi connectivity index (χ0) is 9.26. The molecule has 0 atom stereocenters. The fraction of sp³-hybridized carbons (Fsp3) is 0.100. The van der Waals surface area contributed by atoms with Crippen LogP contribution in [0.25, 0.3) is 12.2 Å². The smallest absolute Gasteiger partial charge is 0.408 e. The van der Waals surface area contributed by atoms with Crippen LogP contribution >= 0.6 is 0 Å². The zero-order valence-electron chi connectivity index (χ0n) is 6.83. The maximum absolute atomic E-state index is 10.8. The Kier molecular flexibility index (Phi) is 1.67. The van der Waals surface area contributed by atoms with Gasteiger partial charge in [-0.05, 0) is 12.5 Å². The summed E-state index contributed by atoms with van der Waals surface area (Å²) in [7, 11) is 0. The van der Waals surface area contributed by atoms with Gasteiger partial charge in [-0.3, -0.25) is 4.98 Å². The molecular weight excluding hydrogens is 166 g/mol. The van der Waals surface area contributed by atoms with Crippen molar-refractivity contribution < 1.29 is 4.42 Å². The van der Waals surface area contributed by atoms with Crippen molar-refractivity contribution >= 4 is 12.2 Å². The lowest BCUT2D eigenvalue weighted by Crippen LogP contribution is -2.21. The van der Waals surface area contributed by atoms with Gasteiger partial charge in [-0.25, -0.2) is 4.79 Å². The van der Waals surface area contributed by atoms with Gasteiger partial charge in [0.1, 0.15) is 0 Å². The van der Waals surface area contributed by atoms with E-state index >= 15 is 0 Å². The van der Waals surface area contributed by atoms with Crippen LogP contribution in [0.4, 0.5) is 0 Å². The van der Waals surface area contributed by atoms with E-state index in [1.165, 1.54) is 0 Å². The van der Waals surface area contributed by atoms with Crippen molar-refractivity contribution in [3.63, 3.8) is 0 Å². The molecule has 2 rings (SSSR count). The molecule has 3 nitrogen and oxygen atoms in total. The number of oxazole rings is 1. The lowest BCUT2D eigenvalue weighted by Gasteiger charge is -1.83. The predicted molar refractivity (Wildman–Crippen MR) is 49.0 cm³/mol. The number of H-pyrrole nitrogens is 1. The van der Waals surface area contributed by atoms with Gasteiger partial charge in [0.05, 0.1) is 5.35 Å². The summed E-state index contributed by atoms with van der Waals surface area (Å²) in [5.74, 6) is 2.06. The van der Waals surface area contributed by atoms with Crippen LogP contribution in [0.15, 0.2) is 20.9 Å². The molecule has 64 valence electrons. The van der Waals surface area contributed by atoms with Gasteiger partial charge in [0.15, 0.2) is 5.42 Å². The molecule has 3 heteroatoms. The number of aromatic amines is 1. The lowest BCUT2D eigenvalue weighted by molar-refractivity contribution is 0.486. The second-order valence-electron chi connectivity index (χ2n) is 2.68. The quantitative estimate of drug-likeness (QED) is 0.537. The Morgan fingerprint density at radius 1 is 1.54 bits per heavy atom. The minimum Gasteiger partial charge on any atom is -0.408 e. The molecule has 0 aromatic carbocycles. The summed E-state index contributed by atoms with van der Waals surface area (Å²) in [6.45, 7) is 0. The number of terminal acetylenes is 1. The van der Waals surface area contributed by atoms with Crippen molar-refractivity contribution in [3.05, 3.63) is 33.0 Å². The van der Waals surface area contributed by atoms with E-state index in [9.17, 15) is 4.79 Å². The van der Waals surface area contributed by atoms with Crippen molar-refractivity contribution in [1.82, 2.24) is 4.98 Å². The molecule has 1 aromatic heterocycles. The lowest BCUT2D eigenvalue weighted by atomic mass is 10.2. The number of rotatable bonds is 0. The molecule has 1 N–H and O–H groups in total. The highest BCUT2D eigenvalue weighted by molar-refractivity contribution is 5.57. The highest BCUT2D eigenvalue weighted by Gasteiger charge is 1.98. The molecule has 0 aliphatic heterocycles. The zero-order valence-corrected chi connectivity index (χ0v) is 6.83. The van der Waals surface area contributed by atoms with Gasteiger partial charge in [-0.15, -0.1) is 6.42 Å². The Bertz CT molecular complexity index is 563. The van der Waals surface area contributed by atoms with Crippen LogP contribution in [0.5, 0.6) is 0 Å². The second kappa shape index (κ2) is 2.83. The first-order valence-electron chi connectivity index (χ1n) is 3.87. The summed E-state index contributed by atoms with van der Waals surface area (Å²) >= 11 is 0. The molecule has 1 heterocycles. The highest BCUT2D eigenvalue weighted by atomic mass is 16.4. The van der Waals surface area contributed by atoms with Gasteiger partial charge in [0, 0.05) is 5.57 Å². The molecule has 0 saturated heterocycles. The fourth-order valence-corrected chi connectivity index (χ4v) is 1.22. The van der Waals surface area contributed by atoms with Crippen LogP contribution < -0.4 is 16.5 Å². The van der Waals surface area contributed by atoms with E-state index in [4.69, 9.17) is 10.8 Å². The summed E-state index contributed by atoms with van der Waals surface area (Å²) in [5, 5.41) is 0.700. The van der Waals surface area contributed by atoms with Crippen molar-refractivity contribution in [3.8, 4) is 12.3 Å². The summed E-state index contributed by atoms with van der Waals surface area (Å²) in [6.07, 6.45) is 11.4. The number of hydrogen-bond acceptors (Lipinski definition) is 2. The van der Waals surface area contributed by atoms with Gasteiger partial charge in [-0.2, -0.15) is 0 Å². The molecule has 1 aliphatic carbocycles. The Hall–Kier alpha value is -1.95. The molecule has 0 spiro atoms. The maximum Gasteiger partial charge on any atom is 0.417 e. The first-order chi connectivity index (χ1) is 6.29. The van der Waals surface area contributed by atoms with E-state index in [1.54, 1.807) is 6.08 Å². The minimum absolute atomic E-state index is 0.448. The van der Waals surface area contributed by atoms with Crippen molar-refractivity contribution in [1.29, 1.82) is 0 Å². The molecule has 0 saturated carbocycles. The Balaban J connectivity index is 2.78. The number of hydrogen-bond donors (Lipinski definition) is 1. The molecule has 0 bridgehead atoms. The average Bonchev–Trinajstić information content (AvgIpc) is 2.33. The van der Waals surface area contributed by atoms with Gasteiger partial charge < -0.3 is 4.42 Å². The number of allylic oxidation sites excluding steroid dienone is 2. The molecule has 1 aliphatic rings. The Morgan fingerprint density at radius 2 is 2.38 bits per heavy atom. The molecule has 0 amide bonds. The van der Waals surface area contributed by atoms with Crippen molar-refractivity contribution in [2.75, 3.05) is 0 Å². The maximum atomic E-state index is 10.8. The molecule has 0 fully saturated rings. The van der Waals surface area contributed by atoms with Crippen LogP contribution in [-0.4, -0.2) is 4.98 Å². The Morgan fingerprint density at radius 3 is 3.15 bits per heavy atom.